The number of hydrogen-bond acceptors (Lipinski definition) is 5. The van der Waals surface area contributed by atoms with Crippen LogP contribution in [0.5, 0.6) is 5.75 Å². The number of fused-ring (bicyclic) bond motifs is 1. The molecule has 0 saturated carbocycles. The van der Waals surface area contributed by atoms with Gasteiger partial charge in [-0.2, -0.15) is 0 Å². The number of nitrogens with zero attached hydrogens (tertiary/aromatic N) is 1. The molecule has 2 aromatic heterocycles. The Kier molecular flexibility index (Phi) is 5.68. The number of methoxy groups -OCH3 is 1. The van der Waals surface area contributed by atoms with Crippen molar-refractivity contribution in [3.63, 3.8) is 0 Å². The van der Waals surface area contributed by atoms with Crippen molar-refractivity contribution in [1.82, 2.24) is 4.57 Å². The minimum absolute atomic E-state index is 0.0299. The smallest absolute Gasteiger partial charge is 0.310 e. The Morgan fingerprint density at radius 3 is 2.75 bits per heavy atom. The molecular weight excluding hydrogens is 358 g/mol. The van der Waals surface area contributed by atoms with Crippen LogP contribution in [0.2, 0.25) is 0 Å². The van der Waals surface area contributed by atoms with Gasteiger partial charge >= 0.3 is 5.97 Å². The zero-order valence-corrected chi connectivity index (χ0v) is 16.3. The standard InChI is InChI=1S/C22H23NO5/c1-5-8-23-14(2)9-19(15(23)3)20(24)13-28-22(25)10-16-12-27-21-11-17(26-4)6-7-18(16)21/h5-7,9,11-12H,1,8,10,13H2,2-4H3. The second-order valence-corrected chi connectivity index (χ2v) is 6.57. The van der Waals surface area contributed by atoms with E-state index in [9.17, 15) is 9.59 Å². The number of benzene rings is 1. The third-order valence-electron chi connectivity index (χ3n) is 4.75. The largest absolute Gasteiger partial charge is 0.497 e. The number of esters is 1. The predicted molar refractivity (Wildman–Crippen MR) is 106 cm³/mol. The molecule has 1 aromatic carbocycles. The molecule has 6 heteroatoms. The minimum atomic E-state index is -0.480. The first-order valence-corrected chi connectivity index (χ1v) is 8.95. The topological polar surface area (TPSA) is 70.7 Å². The van der Waals surface area contributed by atoms with E-state index in [-0.39, 0.29) is 18.8 Å². The van der Waals surface area contributed by atoms with Crippen LogP contribution in [0.1, 0.15) is 27.3 Å². The van der Waals surface area contributed by atoms with E-state index >= 15 is 0 Å². The van der Waals surface area contributed by atoms with E-state index in [0.29, 0.717) is 29.0 Å². The average molecular weight is 381 g/mol. The van der Waals surface area contributed by atoms with E-state index in [1.54, 1.807) is 25.3 Å². The molecule has 0 aliphatic rings. The molecule has 0 aliphatic carbocycles. The summed E-state index contributed by atoms with van der Waals surface area (Å²) >= 11 is 0. The molecule has 0 amide bonds. The summed E-state index contributed by atoms with van der Waals surface area (Å²) in [4.78, 5) is 24.7. The van der Waals surface area contributed by atoms with Gasteiger partial charge in [0.1, 0.15) is 11.3 Å². The Morgan fingerprint density at radius 2 is 2.04 bits per heavy atom. The van der Waals surface area contributed by atoms with Crippen molar-refractivity contribution < 1.29 is 23.5 Å². The maximum absolute atomic E-state index is 12.5. The number of carbonyl (C=O) groups excluding carboxylic acids is 2. The molecular formula is C22H23NO5. The average Bonchev–Trinajstić information content (AvgIpc) is 3.21. The van der Waals surface area contributed by atoms with Crippen LogP contribution in [0, 0.1) is 13.8 Å². The third kappa shape index (κ3) is 3.86. The number of allylic oxidation sites excluding steroid dienone is 1. The first-order valence-electron chi connectivity index (χ1n) is 8.95. The summed E-state index contributed by atoms with van der Waals surface area (Å²) < 4.78 is 17.8. The summed E-state index contributed by atoms with van der Waals surface area (Å²) in [5.74, 6) is -0.0269. The van der Waals surface area contributed by atoms with Crippen LogP contribution in [-0.4, -0.2) is 30.0 Å². The molecule has 146 valence electrons. The number of carbonyl (C=O) groups is 2. The Morgan fingerprint density at radius 1 is 1.25 bits per heavy atom. The lowest BCUT2D eigenvalue weighted by atomic mass is 10.1. The van der Waals surface area contributed by atoms with Crippen molar-refractivity contribution in [2.75, 3.05) is 13.7 Å². The van der Waals surface area contributed by atoms with Crippen molar-refractivity contribution in [1.29, 1.82) is 0 Å². The summed E-state index contributed by atoms with van der Waals surface area (Å²) in [5.41, 5.74) is 3.71. The number of hydrogen-bond donors (Lipinski definition) is 0. The van der Waals surface area contributed by atoms with E-state index in [1.807, 2.05) is 30.5 Å². The quantitative estimate of drug-likeness (QED) is 0.335. The van der Waals surface area contributed by atoms with Gasteiger partial charge in [0.25, 0.3) is 0 Å². The van der Waals surface area contributed by atoms with Crippen LogP contribution >= 0.6 is 0 Å². The van der Waals surface area contributed by atoms with E-state index in [0.717, 1.165) is 16.8 Å². The van der Waals surface area contributed by atoms with Crippen molar-refractivity contribution in [2.45, 2.75) is 26.8 Å². The molecule has 2 heterocycles. The normalized spacial score (nSPS) is 10.8. The lowest BCUT2D eigenvalue weighted by Gasteiger charge is -2.07. The molecule has 28 heavy (non-hydrogen) atoms. The van der Waals surface area contributed by atoms with Gasteiger partial charge in [0, 0.05) is 40.5 Å². The summed E-state index contributed by atoms with van der Waals surface area (Å²) in [7, 11) is 1.58. The van der Waals surface area contributed by atoms with Gasteiger partial charge in [-0.15, -0.1) is 6.58 Å². The highest BCUT2D eigenvalue weighted by Gasteiger charge is 2.18. The monoisotopic (exact) mass is 381 g/mol. The van der Waals surface area contributed by atoms with E-state index in [4.69, 9.17) is 13.9 Å². The lowest BCUT2D eigenvalue weighted by Crippen LogP contribution is -2.16. The number of Topliss-reactive ketones (excluding diaryl/α,β-unsaturated/α-hetero) is 1. The molecule has 0 fully saturated rings. The lowest BCUT2D eigenvalue weighted by molar-refractivity contribution is -0.141. The Hall–Kier alpha value is -3.28. The Balaban J connectivity index is 1.64. The third-order valence-corrected chi connectivity index (χ3v) is 4.75. The molecule has 0 spiro atoms. The van der Waals surface area contributed by atoms with Gasteiger partial charge in [-0.3, -0.25) is 9.59 Å². The van der Waals surface area contributed by atoms with Crippen LogP contribution in [0.4, 0.5) is 0 Å². The number of ether oxygens (including phenoxy) is 2. The summed E-state index contributed by atoms with van der Waals surface area (Å²) in [6, 6.07) is 7.20. The maximum atomic E-state index is 12.5. The van der Waals surface area contributed by atoms with Gasteiger partial charge in [0.15, 0.2) is 6.61 Å². The molecule has 6 nitrogen and oxygen atoms in total. The summed E-state index contributed by atoms with van der Waals surface area (Å²) in [5, 5.41) is 0.817. The maximum Gasteiger partial charge on any atom is 0.310 e. The van der Waals surface area contributed by atoms with E-state index < -0.39 is 5.97 Å². The zero-order chi connectivity index (χ0) is 20.3. The van der Waals surface area contributed by atoms with Crippen LogP contribution in [-0.2, 0) is 22.5 Å². The fourth-order valence-electron chi connectivity index (χ4n) is 3.25. The van der Waals surface area contributed by atoms with Crippen molar-refractivity contribution in [2.24, 2.45) is 0 Å². The second-order valence-electron chi connectivity index (χ2n) is 6.57. The molecule has 0 atom stereocenters. The number of ketones is 1. The van der Waals surface area contributed by atoms with Crippen molar-refractivity contribution >= 4 is 22.7 Å². The SMILES string of the molecule is C=CCn1c(C)cc(C(=O)COC(=O)Cc2coc3cc(OC)ccc23)c1C. The number of rotatable bonds is 8. The number of aryl methyl sites for hydroxylation is 1. The van der Waals surface area contributed by atoms with Crippen LogP contribution in [0.15, 0.2) is 47.6 Å². The van der Waals surface area contributed by atoms with Gasteiger partial charge in [-0.1, -0.05) is 6.08 Å². The molecule has 0 unspecified atom stereocenters. The number of aromatic nitrogens is 1. The molecule has 3 aromatic rings. The van der Waals surface area contributed by atoms with E-state index in [1.165, 1.54) is 6.26 Å². The van der Waals surface area contributed by atoms with Gasteiger partial charge in [-0.25, -0.2) is 0 Å². The molecule has 0 saturated heterocycles. The van der Waals surface area contributed by atoms with Gasteiger partial charge in [0.05, 0.1) is 19.8 Å². The van der Waals surface area contributed by atoms with Crippen LogP contribution < -0.4 is 4.74 Å². The number of furan rings is 1. The fraction of sp³-hybridized carbons (Fsp3) is 0.273. The fourth-order valence-corrected chi connectivity index (χ4v) is 3.25. The van der Waals surface area contributed by atoms with E-state index in [2.05, 4.69) is 6.58 Å². The Bertz CT molecular complexity index is 1040. The summed E-state index contributed by atoms with van der Waals surface area (Å²) in [6.45, 7) is 7.87. The van der Waals surface area contributed by atoms with Crippen molar-refractivity contribution in [3.05, 3.63) is 65.7 Å². The Labute approximate surface area is 163 Å². The highest BCUT2D eigenvalue weighted by molar-refractivity contribution is 5.99. The van der Waals surface area contributed by atoms with Crippen LogP contribution in [0.25, 0.3) is 11.0 Å². The predicted octanol–water partition coefficient (Wildman–Crippen LogP) is 4.01. The highest BCUT2D eigenvalue weighted by Crippen LogP contribution is 2.26. The van der Waals surface area contributed by atoms with Crippen LogP contribution in [0.3, 0.4) is 0 Å². The highest BCUT2D eigenvalue weighted by atomic mass is 16.5. The van der Waals surface area contributed by atoms with Gasteiger partial charge in [0.2, 0.25) is 5.78 Å². The van der Waals surface area contributed by atoms with Gasteiger partial charge < -0.3 is 18.5 Å². The molecule has 0 N–H and O–H groups in total. The summed E-state index contributed by atoms with van der Waals surface area (Å²) in [6.07, 6.45) is 3.33. The molecule has 0 bridgehead atoms. The zero-order valence-electron chi connectivity index (χ0n) is 16.3. The molecule has 3 rings (SSSR count). The van der Waals surface area contributed by atoms with Crippen molar-refractivity contribution in [3.8, 4) is 5.75 Å². The first-order chi connectivity index (χ1) is 13.4. The minimum Gasteiger partial charge on any atom is -0.497 e. The second kappa shape index (κ2) is 8.17. The molecule has 0 radical (unpaired) electrons. The molecule has 0 aliphatic heterocycles. The first kappa shape index (κ1) is 19.5. The van der Waals surface area contributed by atoms with Gasteiger partial charge in [-0.05, 0) is 32.0 Å².